The lowest BCUT2D eigenvalue weighted by Gasteiger charge is -2.34. The van der Waals surface area contributed by atoms with Gasteiger partial charge in [-0.05, 0) is 62.2 Å². The first-order valence-electron chi connectivity index (χ1n) is 7.88. The zero-order valence-electron chi connectivity index (χ0n) is 12.3. The summed E-state index contributed by atoms with van der Waals surface area (Å²) < 4.78 is 25.0. The quantitative estimate of drug-likeness (QED) is 0.585. The van der Waals surface area contributed by atoms with Gasteiger partial charge in [0.15, 0.2) is 0 Å². The topological polar surface area (TPSA) is 75.4 Å². The predicted octanol–water partition coefficient (Wildman–Crippen LogP) is 0.926. The molecule has 0 aromatic heterocycles. The Morgan fingerprint density at radius 3 is 2.60 bits per heavy atom. The van der Waals surface area contributed by atoms with Gasteiger partial charge in [-0.1, -0.05) is 0 Å². The largest absolute Gasteiger partial charge is 0.271 e. The van der Waals surface area contributed by atoms with Crippen LogP contribution in [0.4, 0.5) is 0 Å². The maximum absolute atomic E-state index is 11.7. The minimum absolute atomic E-state index is 0.368. The van der Waals surface area contributed by atoms with Crippen molar-refractivity contribution < 1.29 is 8.42 Å². The molecule has 116 valence electrons. The molecule has 2 saturated carbocycles. The predicted molar refractivity (Wildman–Crippen MR) is 79.2 cm³/mol. The minimum Gasteiger partial charge on any atom is -0.271 e. The molecular weight excluding hydrogens is 274 g/mol. The molecule has 4 atom stereocenters. The maximum Gasteiger partial charge on any atom is 0.211 e. The van der Waals surface area contributed by atoms with Crippen LogP contribution in [0.3, 0.4) is 0 Å². The Kier molecular flexibility index (Phi) is 4.10. The first-order valence-corrected chi connectivity index (χ1v) is 9.73. The van der Waals surface area contributed by atoms with Crippen molar-refractivity contribution >= 4 is 10.0 Å². The molecule has 3 N–H and O–H groups in total. The van der Waals surface area contributed by atoms with Crippen molar-refractivity contribution in [3.8, 4) is 0 Å². The van der Waals surface area contributed by atoms with Crippen LogP contribution >= 0.6 is 0 Å². The zero-order valence-corrected chi connectivity index (χ0v) is 13.1. The average Bonchev–Trinajstić information content (AvgIpc) is 3.02. The molecule has 6 heteroatoms. The van der Waals surface area contributed by atoms with Gasteiger partial charge < -0.3 is 0 Å². The van der Waals surface area contributed by atoms with Gasteiger partial charge in [-0.15, -0.1) is 0 Å². The van der Waals surface area contributed by atoms with Gasteiger partial charge in [-0.25, -0.2) is 12.7 Å². The van der Waals surface area contributed by atoms with E-state index in [4.69, 9.17) is 5.84 Å². The first-order chi connectivity index (χ1) is 9.47. The number of fused-ring (bicyclic) bond motifs is 1. The van der Waals surface area contributed by atoms with Crippen LogP contribution in [0.1, 0.15) is 38.5 Å². The lowest BCUT2D eigenvalue weighted by molar-refractivity contribution is 0.210. The van der Waals surface area contributed by atoms with Gasteiger partial charge >= 0.3 is 0 Å². The molecule has 3 fully saturated rings. The third kappa shape index (κ3) is 3.18. The van der Waals surface area contributed by atoms with Gasteiger partial charge in [0.1, 0.15) is 0 Å². The number of sulfonamides is 1. The molecule has 0 aromatic rings. The SMILES string of the molecule is CS(=O)(=O)N1CCCC(CC(NN)C2CC3CC3C2)C1. The van der Waals surface area contributed by atoms with Crippen LogP contribution in [-0.4, -0.2) is 38.1 Å². The van der Waals surface area contributed by atoms with E-state index in [9.17, 15) is 8.42 Å². The molecule has 0 amide bonds. The Labute approximate surface area is 122 Å². The van der Waals surface area contributed by atoms with E-state index in [-0.39, 0.29) is 0 Å². The molecule has 4 unspecified atom stereocenters. The van der Waals surface area contributed by atoms with Gasteiger partial charge in [-0.2, -0.15) is 0 Å². The summed E-state index contributed by atoms with van der Waals surface area (Å²) in [4.78, 5) is 0. The number of hydrazine groups is 1. The second kappa shape index (κ2) is 5.55. The van der Waals surface area contributed by atoms with Crippen molar-refractivity contribution in [1.82, 2.24) is 9.73 Å². The maximum atomic E-state index is 11.7. The summed E-state index contributed by atoms with van der Waals surface area (Å²) in [5.41, 5.74) is 3.02. The molecule has 1 aliphatic heterocycles. The molecule has 1 saturated heterocycles. The summed E-state index contributed by atoms with van der Waals surface area (Å²) >= 11 is 0. The van der Waals surface area contributed by atoms with Crippen LogP contribution in [-0.2, 0) is 10.0 Å². The number of nitrogens with zero attached hydrogens (tertiary/aromatic N) is 1. The number of hydrogen-bond acceptors (Lipinski definition) is 4. The standard InChI is InChI=1S/C14H27N3O2S/c1-20(18,19)17-4-2-3-10(9-17)5-14(16-15)13-7-11-6-12(11)8-13/h10-14,16H,2-9,15H2,1H3. The molecule has 1 heterocycles. The van der Waals surface area contributed by atoms with Crippen molar-refractivity contribution in [3.63, 3.8) is 0 Å². The summed E-state index contributed by atoms with van der Waals surface area (Å²) in [6, 6.07) is 0.368. The molecule has 0 aromatic carbocycles. The number of nitrogens with two attached hydrogens (primary N) is 1. The van der Waals surface area contributed by atoms with Crippen LogP contribution in [0.15, 0.2) is 0 Å². The van der Waals surface area contributed by atoms with Gasteiger partial charge in [0.05, 0.1) is 6.26 Å². The van der Waals surface area contributed by atoms with Crippen molar-refractivity contribution in [3.05, 3.63) is 0 Å². The van der Waals surface area contributed by atoms with Crippen LogP contribution in [0, 0.1) is 23.7 Å². The van der Waals surface area contributed by atoms with Gasteiger partial charge in [0.25, 0.3) is 0 Å². The van der Waals surface area contributed by atoms with E-state index in [0.29, 0.717) is 31.0 Å². The molecule has 5 nitrogen and oxygen atoms in total. The monoisotopic (exact) mass is 301 g/mol. The van der Waals surface area contributed by atoms with Crippen LogP contribution in [0.25, 0.3) is 0 Å². The Morgan fingerprint density at radius 1 is 1.30 bits per heavy atom. The van der Waals surface area contributed by atoms with Gasteiger partial charge in [-0.3, -0.25) is 11.3 Å². The molecule has 0 spiro atoms. The fraction of sp³-hybridized carbons (Fsp3) is 1.00. The van der Waals surface area contributed by atoms with Gasteiger partial charge in [0, 0.05) is 19.1 Å². The molecule has 3 aliphatic rings. The van der Waals surface area contributed by atoms with E-state index >= 15 is 0 Å². The molecular formula is C14H27N3O2S. The summed E-state index contributed by atoms with van der Waals surface area (Å²) in [5.74, 6) is 8.86. The third-order valence-corrected chi connectivity index (χ3v) is 6.87. The smallest absolute Gasteiger partial charge is 0.211 e. The van der Waals surface area contributed by atoms with E-state index in [1.165, 1.54) is 25.5 Å². The highest BCUT2D eigenvalue weighted by molar-refractivity contribution is 7.88. The zero-order chi connectivity index (χ0) is 14.3. The highest BCUT2D eigenvalue weighted by Gasteiger charge is 2.48. The Hall–Kier alpha value is -0.170. The van der Waals surface area contributed by atoms with Crippen LogP contribution in [0.2, 0.25) is 0 Å². The minimum atomic E-state index is -3.04. The molecule has 3 rings (SSSR count). The fourth-order valence-corrected chi connectivity index (χ4v) is 5.31. The van der Waals surface area contributed by atoms with E-state index in [2.05, 4.69) is 5.43 Å². The van der Waals surface area contributed by atoms with Crippen molar-refractivity contribution in [2.24, 2.45) is 29.5 Å². The lowest BCUT2D eigenvalue weighted by atomic mass is 9.85. The van der Waals surface area contributed by atoms with Crippen molar-refractivity contribution in [2.45, 2.75) is 44.6 Å². The normalized spacial score (nSPS) is 39.5. The average molecular weight is 301 g/mol. The number of hydrogen-bond donors (Lipinski definition) is 2. The Bertz CT molecular complexity index is 443. The number of nitrogens with one attached hydrogen (secondary N) is 1. The van der Waals surface area contributed by atoms with Crippen LogP contribution in [0.5, 0.6) is 0 Å². The first kappa shape index (κ1) is 14.8. The number of rotatable bonds is 5. The fourth-order valence-electron chi connectivity index (χ4n) is 4.37. The third-order valence-electron chi connectivity index (χ3n) is 5.60. The lowest BCUT2D eigenvalue weighted by Crippen LogP contribution is -2.45. The second-order valence-electron chi connectivity index (χ2n) is 7.13. The summed E-state index contributed by atoms with van der Waals surface area (Å²) in [5, 5.41) is 0. The number of piperidine rings is 1. The Morgan fingerprint density at radius 2 is 2.00 bits per heavy atom. The summed E-state index contributed by atoms with van der Waals surface area (Å²) in [7, 11) is -3.04. The van der Waals surface area contributed by atoms with Crippen LogP contribution < -0.4 is 11.3 Å². The van der Waals surface area contributed by atoms with Gasteiger partial charge in [0.2, 0.25) is 10.0 Å². The second-order valence-corrected chi connectivity index (χ2v) is 9.11. The molecule has 20 heavy (non-hydrogen) atoms. The highest BCUT2D eigenvalue weighted by atomic mass is 32.2. The van der Waals surface area contributed by atoms with E-state index in [0.717, 1.165) is 31.1 Å². The van der Waals surface area contributed by atoms with E-state index in [1.807, 2.05) is 0 Å². The molecule has 2 aliphatic carbocycles. The van der Waals surface area contributed by atoms with E-state index in [1.54, 1.807) is 4.31 Å². The van der Waals surface area contributed by atoms with E-state index < -0.39 is 10.0 Å². The molecule has 0 radical (unpaired) electrons. The molecule has 0 bridgehead atoms. The Balaban J connectivity index is 1.55. The summed E-state index contributed by atoms with van der Waals surface area (Å²) in [6.07, 6.45) is 8.52. The van der Waals surface area contributed by atoms with Crippen molar-refractivity contribution in [1.29, 1.82) is 0 Å². The van der Waals surface area contributed by atoms with Crippen molar-refractivity contribution in [2.75, 3.05) is 19.3 Å². The highest BCUT2D eigenvalue weighted by Crippen LogP contribution is 2.55. The summed E-state index contributed by atoms with van der Waals surface area (Å²) in [6.45, 7) is 1.36.